The maximum absolute atomic E-state index is 12.8. The average molecular weight is 339 g/mol. The van der Waals surface area contributed by atoms with Crippen molar-refractivity contribution in [3.8, 4) is 0 Å². The highest BCUT2D eigenvalue weighted by atomic mass is 32.2. The van der Waals surface area contributed by atoms with E-state index < -0.39 is 10.0 Å². The summed E-state index contributed by atoms with van der Waals surface area (Å²) in [6.07, 6.45) is 3.50. The molecule has 6 heteroatoms. The summed E-state index contributed by atoms with van der Waals surface area (Å²) in [4.78, 5) is 0. The van der Waals surface area contributed by atoms with Crippen molar-refractivity contribution in [2.24, 2.45) is 7.05 Å². The van der Waals surface area contributed by atoms with Gasteiger partial charge in [-0.2, -0.15) is 9.40 Å². The van der Waals surface area contributed by atoms with E-state index in [1.807, 2.05) is 30.3 Å². The van der Waals surface area contributed by atoms with E-state index in [1.54, 1.807) is 7.05 Å². The van der Waals surface area contributed by atoms with Gasteiger partial charge in [0, 0.05) is 20.1 Å². The fraction of sp³-hybridized carbons (Fsp3) is 0.167. The maximum atomic E-state index is 12.8. The number of benzene rings is 2. The SMILES string of the molecule is Cn1nccc1S(=O)(=O)N1CC=C(c2cccc3ccccc23)C1. The summed E-state index contributed by atoms with van der Waals surface area (Å²) < 4.78 is 28.5. The Labute approximate surface area is 140 Å². The number of nitrogens with zero attached hydrogens (tertiary/aromatic N) is 3. The molecule has 2 aromatic carbocycles. The third-order valence-electron chi connectivity index (χ3n) is 4.40. The lowest BCUT2D eigenvalue weighted by Gasteiger charge is -2.17. The smallest absolute Gasteiger partial charge is 0.256 e. The molecule has 0 fully saturated rings. The van der Waals surface area contributed by atoms with Gasteiger partial charge in [-0.3, -0.25) is 4.68 Å². The first-order valence-corrected chi connectivity index (χ1v) is 9.17. The van der Waals surface area contributed by atoms with E-state index in [4.69, 9.17) is 0 Å². The van der Waals surface area contributed by atoms with Crippen molar-refractivity contribution in [1.82, 2.24) is 14.1 Å². The number of fused-ring (bicyclic) bond motifs is 1. The molecule has 0 saturated heterocycles. The zero-order chi connectivity index (χ0) is 16.7. The molecular formula is C18H17N3O2S. The zero-order valence-electron chi connectivity index (χ0n) is 13.3. The van der Waals surface area contributed by atoms with Crippen LogP contribution in [0.25, 0.3) is 16.3 Å². The largest absolute Gasteiger partial charge is 0.260 e. The first kappa shape index (κ1) is 15.1. The molecule has 0 radical (unpaired) electrons. The van der Waals surface area contributed by atoms with Gasteiger partial charge in [-0.15, -0.1) is 0 Å². The van der Waals surface area contributed by atoms with Crippen LogP contribution in [0.15, 0.2) is 65.8 Å². The highest BCUT2D eigenvalue weighted by Gasteiger charge is 2.30. The van der Waals surface area contributed by atoms with Crippen molar-refractivity contribution in [2.45, 2.75) is 5.03 Å². The fourth-order valence-electron chi connectivity index (χ4n) is 3.16. The minimum Gasteiger partial charge on any atom is -0.256 e. The first-order chi connectivity index (χ1) is 11.6. The predicted molar refractivity (Wildman–Crippen MR) is 93.9 cm³/mol. The molecule has 0 unspecified atom stereocenters. The van der Waals surface area contributed by atoms with E-state index in [2.05, 4.69) is 23.3 Å². The van der Waals surface area contributed by atoms with E-state index in [-0.39, 0.29) is 5.03 Å². The minimum absolute atomic E-state index is 0.218. The van der Waals surface area contributed by atoms with Crippen LogP contribution in [0.5, 0.6) is 0 Å². The second-order valence-electron chi connectivity index (χ2n) is 5.85. The van der Waals surface area contributed by atoms with E-state index in [0.717, 1.165) is 21.9 Å². The van der Waals surface area contributed by atoms with Crippen LogP contribution in [0.2, 0.25) is 0 Å². The van der Waals surface area contributed by atoms with Crippen molar-refractivity contribution in [2.75, 3.05) is 13.1 Å². The van der Waals surface area contributed by atoms with Crippen molar-refractivity contribution in [1.29, 1.82) is 0 Å². The maximum Gasteiger partial charge on any atom is 0.260 e. The van der Waals surface area contributed by atoms with E-state index in [9.17, 15) is 8.42 Å². The van der Waals surface area contributed by atoms with Crippen molar-refractivity contribution < 1.29 is 8.42 Å². The van der Waals surface area contributed by atoms with Gasteiger partial charge in [0.1, 0.15) is 0 Å². The van der Waals surface area contributed by atoms with Gasteiger partial charge in [-0.25, -0.2) is 8.42 Å². The summed E-state index contributed by atoms with van der Waals surface area (Å²) in [6.45, 7) is 0.758. The summed E-state index contributed by atoms with van der Waals surface area (Å²) in [5.74, 6) is 0. The molecule has 0 bridgehead atoms. The third kappa shape index (κ3) is 2.35. The second kappa shape index (κ2) is 5.58. The van der Waals surface area contributed by atoms with Gasteiger partial charge < -0.3 is 0 Å². The molecule has 4 rings (SSSR count). The molecule has 0 saturated carbocycles. The van der Waals surface area contributed by atoms with Crippen LogP contribution < -0.4 is 0 Å². The zero-order valence-corrected chi connectivity index (χ0v) is 14.1. The van der Waals surface area contributed by atoms with Gasteiger partial charge in [0.2, 0.25) is 0 Å². The molecule has 0 atom stereocenters. The van der Waals surface area contributed by atoms with Crippen LogP contribution in [-0.4, -0.2) is 35.6 Å². The number of hydrogen-bond acceptors (Lipinski definition) is 3. The quantitative estimate of drug-likeness (QED) is 0.737. The molecule has 122 valence electrons. The Bertz CT molecular complexity index is 1050. The van der Waals surface area contributed by atoms with E-state index in [1.165, 1.54) is 21.3 Å². The number of aryl methyl sites for hydroxylation is 1. The number of aromatic nitrogens is 2. The third-order valence-corrected chi connectivity index (χ3v) is 6.29. The summed E-state index contributed by atoms with van der Waals surface area (Å²) in [7, 11) is -1.90. The second-order valence-corrected chi connectivity index (χ2v) is 7.73. The molecule has 0 aliphatic carbocycles. The summed E-state index contributed by atoms with van der Waals surface area (Å²) in [5.41, 5.74) is 2.13. The Morgan fingerprint density at radius 3 is 2.62 bits per heavy atom. The van der Waals surface area contributed by atoms with Crippen LogP contribution in [0.3, 0.4) is 0 Å². The van der Waals surface area contributed by atoms with Crippen LogP contribution in [0.1, 0.15) is 5.56 Å². The molecule has 0 N–H and O–H groups in total. The highest BCUT2D eigenvalue weighted by Crippen LogP contribution is 2.30. The van der Waals surface area contributed by atoms with Crippen LogP contribution in [-0.2, 0) is 17.1 Å². The molecule has 3 aromatic rings. The van der Waals surface area contributed by atoms with Crippen LogP contribution >= 0.6 is 0 Å². The normalized spacial score (nSPS) is 15.8. The summed E-state index contributed by atoms with van der Waals surface area (Å²) >= 11 is 0. The molecule has 2 heterocycles. The lowest BCUT2D eigenvalue weighted by atomic mass is 9.99. The minimum atomic E-state index is -3.54. The Balaban J connectivity index is 1.68. The van der Waals surface area contributed by atoms with Crippen LogP contribution in [0.4, 0.5) is 0 Å². The summed E-state index contributed by atoms with van der Waals surface area (Å²) in [5, 5.41) is 6.48. The van der Waals surface area contributed by atoms with Crippen molar-refractivity contribution in [3.63, 3.8) is 0 Å². The molecule has 0 amide bonds. The Morgan fingerprint density at radius 1 is 1.04 bits per heavy atom. The molecule has 24 heavy (non-hydrogen) atoms. The Hall–Kier alpha value is -2.44. The summed E-state index contributed by atoms with van der Waals surface area (Å²) in [6, 6.07) is 15.8. The van der Waals surface area contributed by atoms with Gasteiger partial charge >= 0.3 is 0 Å². The lowest BCUT2D eigenvalue weighted by molar-refractivity contribution is 0.478. The number of rotatable bonds is 3. The van der Waals surface area contributed by atoms with Crippen LogP contribution in [0, 0.1) is 0 Å². The highest BCUT2D eigenvalue weighted by molar-refractivity contribution is 7.89. The molecule has 1 aliphatic rings. The number of hydrogen-bond donors (Lipinski definition) is 0. The van der Waals surface area contributed by atoms with E-state index in [0.29, 0.717) is 13.1 Å². The molecule has 0 spiro atoms. The molecule has 1 aromatic heterocycles. The predicted octanol–water partition coefficient (Wildman–Crippen LogP) is 2.66. The topological polar surface area (TPSA) is 55.2 Å². The lowest BCUT2D eigenvalue weighted by Crippen LogP contribution is -2.30. The van der Waals surface area contributed by atoms with Gasteiger partial charge in [-0.05, 0) is 28.0 Å². The van der Waals surface area contributed by atoms with Gasteiger partial charge in [0.15, 0.2) is 5.03 Å². The molecule has 1 aliphatic heterocycles. The van der Waals surface area contributed by atoms with Crippen molar-refractivity contribution in [3.05, 3.63) is 66.4 Å². The van der Waals surface area contributed by atoms with Gasteiger partial charge in [0.05, 0.1) is 6.20 Å². The standard InChI is InChI=1S/C18H17N3O2S/c1-20-18(9-11-19-20)24(22,23)21-12-10-15(13-21)17-8-4-6-14-5-2-3-7-16(14)17/h2-11H,12-13H2,1H3. The van der Waals surface area contributed by atoms with Gasteiger partial charge in [-0.1, -0.05) is 48.5 Å². The van der Waals surface area contributed by atoms with Gasteiger partial charge in [0.25, 0.3) is 10.0 Å². The molecular weight excluding hydrogens is 322 g/mol. The Morgan fingerprint density at radius 2 is 1.83 bits per heavy atom. The fourth-order valence-corrected chi connectivity index (χ4v) is 4.62. The first-order valence-electron chi connectivity index (χ1n) is 7.73. The van der Waals surface area contributed by atoms with E-state index >= 15 is 0 Å². The average Bonchev–Trinajstić information content (AvgIpc) is 3.24. The monoisotopic (exact) mass is 339 g/mol. The Kier molecular flexibility index (Phi) is 3.51. The number of sulfonamides is 1. The van der Waals surface area contributed by atoms with Crippen molar-refractivity contribution >= 4 is 26.4 Å². The molecule has 5 nitrogen and oxygen atoms in total.